The van der Waals surface area contributed by atoms with Crippen LogP contribution in [0.25, 0.3) is 86.5 Å². The molecule has 0 saturated carbocycles. The summed E-state index contributed by atoms with van der Waals surface area (Å²) in [6.07, 6.45) is 0. The van der Waals surface area contributed by atoms with Gasteiger partial charge in [-0.2, -0.15) is 0 Å². The zero-order chi connectivity index (χ0) is 29.0. The summed E-state index contributed by atoms with van der Waals surface area (Å²) < 4.78 is 2.67. The van der Waals surface area contributed by atoms with E-state index in [-0.39, 0.29) is 0 Å². The largest absolute Gasteiger partial charge is 0.354 e. The number of hydrogen-bond donors (Lipinski definition) is 1. The summed E-state index contributed by atoms with van der Waals surface area (Å²) in [4.78, 5) is 3.74. The van der Waals surface area contributed by atoms with E-state index in [2.05, 4.69) is 163 Å². The van der Waals surface area contributed by atoms with Crippen LogP contribution in [0.4, 0.5) is 0 Å². The summed E-state index contributed by atoms with van der Waals surface area (Å²) in [5.74, 6) is 0. The lowest BCUT2D eigenvalue weighted by Gasteiger charge is -2.12. The second-order valence-corrected chi connectivity index (χ2v) is 12.5. The Kier molecular flexibility index (Phi) is 5.75. The van der Waals surface area contributed by atoms with Crippen molar-refractivity contribution in [3.63, 3.8) is 0 Å². The van der Waals surface area contributed by atoms with Crippen molar-refractivity contribution in [1.29, 1.82) is 0 Å². The van der Waals surface area contributed by atoms with Crippen molar-refractivity contribution in [1.82, 2.24) is 4.98 Å². The molecule has 0 bridgehead atoms. The van der Waals surface area contributed by atoms with Crippen LogP contribution in [0.1, 0.15) is 0 Å². The minimum absolute atomic E-state index is 1.16. The highest BCUT2D eigenvalue weighted by Crippen LogP contribution is 2.40. The number of para-hydroxylation sites is 1. The molecule has 1 N–H and O–H groups in total. The molecule has 2 heteroatoms. The summed E-state index contributed by atoms with van der Waals surface area (Å²) in [6.45, 7) is 0. The Labute approximate surface area is 259 Å². The topological polar surface area (TPSA) is 15.8 Å². The van der Waals surface area contributed by atoms with Gasteiger partial charge >= 0.3 is 0 Å². The Hall–Kier alpha value is -5.44. The van der Waals surface area contributed by atoms with E-state index in [1.54, 1.807) is 0 Å². The third-order valence-corrected chi connectivity index (χ3v) is 9.94. The van der Waals surface area contributed by atoms with Gasteiger partial charge in [-0.1, -0.05) is 115 Å². The fourth-order valence-corrected chi connectivity index (χ4v) is 7.77. The van der Waals surface area contributed by atoms with Gasteiger partial charge in [0, 0.05) is 42.0 Å². The molecule has 0 amide bonds. The molecule has 0 aliphatic rings. The van der Waals surface area contributed by atoms with E-state index >= 15 is 0 Å². The van der Waals surface area contributed by atoms with Crippen molar-refractivity contribution in [3.05, 3.63) is 158 Å². The summed E-state index contributed by atoms with van der Waals surface area (Å²) >= 11 is 1.87. The fourth-order valence-electron chi connectivity index (χ4n) is 6.63. The first-order valence-corrected chi connectivity index (χ1v) is 15.8. The Bertz CT molecular complexity index is 2500. The lowest BCUT2D eigenvalue weighted by molar-refractivity contribution is 1.53. The van der Waals surface area contributed by atoms with E-state index in [9.17, 15) is 0 Å². The summed E-state index contributed by atoms with van der Waals surface area (Å²) in [5.41, 5.74) is 12.1. The van der Waals surface area contributed by atoms with Gasteiger partial charge in [0.25, 0.3) is 0 Å². The van der Waals surface area contributed by atoms with Crippen molar-refractivity contribution in [2.24, 2.45) is 0 Å². The maximum atomic E-state index is 3.74. The van der Waals surface area contributed by atoms with E-state index in [4.69, 9.17) is 0 Å². The second kappa shape index (κ2) is 10.1. The predicted octanol–water partition coefficient (Wildman–Crippen LogP) is 12.4. The van der Waals surface area contributed by atoms with E-state index < -0.39 is 0 Å². The Balaban J connectivity index is 1.17. The molecule has 0 spiro atoms. The van der Waals surface area contributed by atoms with Crippen LogP contribution in [-0.2, 0) is 0 Å². The van der Waals surface area contributed by atoms with Gasteiger partial charge in [0.05, 0.1) is 5.52 Å². The summed E-state index contributed by atoms with van der Waals surface area (Å²) in [7, 11) is 0. The third-order valence-electron chi connectivity index (χ3n) is 8.80. The van der Waals surface area contributed by atoms with Crippen molar-refractivity contribution in [2.75, 3.05) is 0 Å². The molecular weight excluding hydrogens is 551 g/mol. The highest BCUT2D eigenvalue weighted by atomic mass is 32.1. The fraction of sp³-hybridized carbons (Fsp3) is 0. The van der Waals surface area contributed by atoms with Crippen LogP contribution in [0, 0.1) is 0 Å². The predicted molar refractivity (Wildman–Crippen MR) is 190 cm³/mol. The molecule has 7 aromatic carbocycles. The molecule has 0 radical (unpaired) electrons. The molecule has 0 unspecified atom stereocenters. The molecule has 1 nitrogen and oxygen atoms in total. The molecule has 0 aliphatic heterocycles. The van der Waals surface area contributed by atoms with Gasteiger partial charge in [0.1, 0.15) is 0 Å². The van der Waals surface area contributed by atoms with Gasteiger partial charge in [0.2, 0.25) is 0 Å². The first-order valence-electron chi connectivity index (χ1n) is 15.0. The molecule has 0 atom stereocenters. The van der Waals surface area contributed by atoms with Crippen molar-refractivity contribution in [3.8, 4) is 44.5 Å². The number of thiophene rings is 1. The molecule has 0 fully saturated rings. The van der Waals surface area contributed by atoms with Gasteiger partial charge in [0.15, 0.2) is 0 Å². The van der Waals surface area contributed by atoms with Gasteiger partial charge in [-0.25, -0.2) is 0 Å². The van der Waals surface area contributed by atoms with Crippen LogP contribution in [-0.4, -0.2) is 4.98 Å². The number of hydrogen-bond acceptors (Lipinski definition) is 1. The Morgan fingerprint density at radius 2 is 0.955 bits per heavy atom. The Morgan fingerprint density at radius 1 is 0.341 bits per heavy atom. The number of H-pyrrole nitrogens is 1. The van der Waals surface area contributed by atoms with E-state index in [0.29, 0.717) is 0 Å². The maximum Gasteiger partial charge on any atom is 0.0544 e. The van der Waals surface area contributed by atoms with Crippen LogP contribution >= 0.6 is 11.3 Å². The number of nitrogens with one attached hydrogen (secondary N) is 1. The second-order valence-electron chi connectivity index (χ2n) is 11.5. The quantitative estimate of drug-likeness (QED) is 0.214. The summed E-state index contributed by atoms with van der Waals surface area (Å²) in [6, 6.07) is 57.4. The van der Waals surface area contributed by atoms with Crippen LogP contribution in [0.3, 0.4) is 0 Å². The van der Waals surface area contributed by atoms with Gasteiger partial charge in [-0.3, -0.25) is 0 Å². The van der Waals surface area contributed by atoms with Crippen LogP contribution in [0.2, 0.25) is 0 Å². The van der Waals surface area contributed by atoms with Gasteiger partial charge in [-0.15, -0.1) is 11.3 Å². The van der Waals surface area contributed by atoms with Crippen molar-refractivity contribution in [2.45, 2.75) is 0 Å². The molecule has 44 heavy (non-hydrogen) atoms. The van der Waals surface area contributed by atoms with Crippen LogP contribution in [0.15, 0.2) is 158 Å². The number of aromatic nitrogens is 1. The first kappa shape index (κ1) is 25.1. The molecule has 9 rings (SSSR count). The number of benzene rings is 7. The molecule has 9 aromatic rings. The zero-order valence-electron chi connectivity index (χ0n) is 23.9. The van der Waals surface area contributed by atoms with E-state index in [0.717, 1.165) is 5.52 Å². The number of fused-ring (bicyclic) bond motifs is 6. The standard InChI is InChI=1S/C42H27NS/c1-2-10-27(11-3-1)33-24-37(42-38(25-33)34-16-4-6-18-39(34)43-42)32-15-9-14-30(23-32)28-12-8-13-29(22-28)31-20-21-36-35-17-5-7-19-40(35)44-41(36)26-31/h1-26,43H. The van der Waals surface area contributed by atoms with Crippen molar-refractivity contribution >= 4 is 53.3 Å². The molecule has 2 aromatic heterocycles. The van der Waals surface area contributed by atoms with Crippen molar-refractivity contribution < 1.29 is 0 Å². The van der Waals surface area contributed by atoms with Gasteiger partial charge in [-0.05, 0) is 81.4 Å². The monoisotopic (exact) mass is 577 g/mol. The first-order chi connectivity index (χ1) is 21.8. The summed E-state index contributed by atoms with van der Waals surface area (Å²) in [5, 5.41) is 5.17. The van der Waals surface area contributed by atoms with E-state index in [1.165, 1.54) is 81.0 Å². The normalized spacial score (nSPS) is 11.6. The maximum absolute atomic E-state index is 3.74. The van der Waals surface area contributed by atoms with Crippen LogP contribution < -0.4 is 0 Å². The highest BCUT2D eigenvalue weighted by molar-refractivity contribution is 7.25. The average molecular weight is 578 g/mol. The average Bonchev–Trinajstić information content (AvgIpc) is 3.66. The molecule has 206 valence electrons. The lowest BCUT2D eigenvalue weighted by atomic mass is 9.93. The molecule has 2 heterocycles. The number of aromatic amines is 1. The van der Waals surface area contributed by atoms with Crippen LogP contribution in [0.5, 0.6) is 0 Å². The third kappa shape index (κ3) is 4.15. The molecular formula is C42H27NS. The smallest absolute Gasteiger partial charge is 0.0544 e. The minimum atomic E-state index is 1.16. The highest BCUT2D eigenvalue weighted by Gasteiger charge is 2.14. The molecule has 0 saturated heterocycles. The lowest BCUT2D eigenvalue weighted by Crippen LogP contribution is -1.87. The van der Waals surface area contributed by atoms with E-state index in [1.807, 2.05) is 11.3 Å². The zero-order valence-corrected chi connectivity index (χ0v) is 24.7. The number of rotatable bonds is 4. The van der Waals surface area contributed by atoms with Gasteiger partial charge < -0.3 is 4.98 Å². The minimum Gasteiger partial charge on any atom is -0.354 e. The Morgan fingerprint density at radius 3 is 1.77 bits per heavy atom. The molecule has 0 aliphatic carbocycles. The SMILES string of the molecule is c1ccc(-c2cc(-c3cccc(-c4cccc(-c5ccc6c(c5)sc5ccccc56)c4)c3)c3[nH]c4ccccc4c3c2)cc1.